The first-order chi connectivity index (χ1) is 15.4. The Morgan fingerprint density at radius 3 is 1.35 bits per heavy atom. The summed E-state index contributed by atoms with van der Waals surface area (Å²) in [7, 11) is 2.18. The molecule has 34 heavy (non-hydrogen) atoms. The van der Waals surface area contributed by atoms with Gasteiger partial charge in [0, 0.05) is 28.9 Å². The molecule has 3 rings (SSSR count). The summed E-state index contributed by atoms with van der Waals surface area (Å²) in [5.41, 5.74) is 6.01. The van der Waals surface area contributed by atoms with Crippen LogP contribution in [-0.4, -0.2) is 53.1 Å². The summed E-state index contributed by atoms with van der Waals surface area (Å²) in [5, 5.41) is 4.84. The predicted octanol–water partition coefficient (Wildman–Crippen LogP) is 1.59. The fourth-order valence-electron chi connectivity index (χ4n) is 1.80. The Hall–Kier alpha value is -3.24. The average molecular weight is 537 g/mol. The van der Waals surface area contributed by atoms with E-state index in [-0.39, 0.29) is 15.9 Å². The maximum Gasteiger partial charge on any atom is 0.262 e. The molecule has 0 bridgehead atoms. The van der Waals surface area contributed by atoms with Gasteiger partial charge in [0.05, 0.1) is 45.6 Å². The van der Waals surface area contributed by atoms with E-state index in [4.69, 9.17) is 35.8 Å². The second kappa shape index (κ2) is 14.1. The molecule has 3 aromatic rings. The summed E-state index contributed by atoms with van der Waals surface area (Å²) >= 11 is 0. The first-order valence-corrected chi connectivity index (χ1v) is 12.5. The Bertz CT molecular complexity index is 1130. The predicted molar refractivity (Wildman–Crippen MR) is 126 cm³/mol. The summed E-state index contributed by atoms with van der Waals surface area (Å²) in [6.07, 6.45) is 3.84. The third-order valence-electron chi connectivity index (χ3n) is 3.42. The maximum absolute atomic E-state index is 10.7. The summed E-state index contributed by atoms with van der Waals surface area (Å²) in [5.74, 6) is 1.28. The second-order valence-corrected chi connectivity index (χ2v) is 9.82. The van der Waals surface area contributed by atoms with Crippen LogP contribution in [0.15, 0.2) is 64.8 Å². The van der Waals surface area contributed by atoms with E-state index in [2.05, 4.69) is 15.0 Å². The highest BCUT2D eigenvalue weighted by Crippen LogP contribution is 2.15. The molecule has 0 saturated carbocycles. The van der Waals surface area contributed by atoms with Crippen molar-refractivity contribution in [2.45, 2.75) is 9.79 Å². The number of nitrogens with two attached hydrogens (primary N) is 2. The molecule has 0 aliphatic rings. The van der Waals surface area contributed by atoms with Crippen molar-refractivity contribution >= 4 is 35.4 Å². The monoisotopic (exact) mass is 536 g/mol. The molecule has 0 aliphatic heterocycles. The number of hydrogen-bond donors (Lipinski definition) is 3. The first kappa shape index (κ1) is 30.8. The summed E-state index contributed by atoms with van der Waals surface area (Å²) in [6.45, 7) is 0. The van der Waals surface area contributed by atoms with Crippen LogP contribution in [-0.2, 0) is 19.1 Å². The number of nitrogens with zero attached hydrogens (tertiary/aromatic N) is 3. The van der Waals surface area contributed by atoms with Crippen molar-refractivity contribution in [2.24, 2.45) is 5.14 Å². The Morgan fingerprint density at radius 2 is 1.09 bits per heavy atom. The zero-order chi connectivity index (χ0) is 25.1. The molecule has 7 N–H and O–H groups in total. The molecule has 16 heteroatoms. The summed E-state index contributed by atoms with van der Waals surface area (Å²) in [4.78, 5) is 11.1. The molecule has 0 saturated heterocycles. The number of nitrogen functional groups attached to an aromatic ring is 1. The Kier molecular flexibility index (Phi) is 12.8. The largest absolute Gasteiger partial charge is 0.481 e. The van der Waals surface area contributed by atoms with Gasteiger partial charge in [-0.05, 0) is 18.2 Å². The van der Waals surface area contributed by atoms with Gasteiger partial charge < -0.3 is 26.1 Å². The highest BCUT2D eigenvalue weighted by atomic mass is 35.7. The molecule has 188 valence electrons. The fraction of sp³-hybridized carbons (Fsp3) is 0.167. The SMILES string of the molecule is COc1ccc(N)cn1.COc1ccc(S(=O)(=O)Cl)cn1.COc1ccc(S(N)(=O)=O)cn1.N. The van der Waals surface area contributed by atoms with Crippen LogP contribution in [0.3, 0.4) is 0 Å². The van der Waals surface area contributed by atoms with Crippen LogP contribution in [0.4, 0.5) is 5.69 Å². The van der Waals surface area contributed by atoms with Gasteiger partial charge in [-0.15, -0.1) is 0 Å². The van der Waals surface area contributed by atoms with Crippen molar-refractivity contribution in [1.82, 2.24) is 21.1 Å². The van der Waals surface area contributed by atoms with Crippen molar-refractivity contribution in [3.05, 3.63) is 55.0 Å². The topological polar surface area (TPSA) is 222 Å². The van der Waals surface area contributed by atoms with Gasteiger partial charge in [-0.3, -0.25) is 0 Å². The van der Waals surface area contributed by atoms with Gasteiger partial charge in [0.15, 0.2) is 0 Å². The smallest absolute Gasteiger partial charge is 0.262 e. The fourth-order valence-corrected chi connectivity index (χ4v) is 2.94. The minimum atomic E-state index is -3.67. The lowest BCUT2D eigenvalue weighted by Gasteiger charge is -1.98. The van der Waals surface area contributed by atoms with Gasteiger partial charge in [-0.2, -0.15) is 0 Å². The van der Waals surface area contributed by atoms with Gasteiger partial charge in [0.2, 0.25) is 27.7 Å². The van der Waals surface area contributed by atoms with Crippen molar-refractivity contribution in [2.75, 3.05) is 27.1 Å². The molecule has 0 unspecified atom stereocenters. The molecule has 0 fully saturated rings. The van der Waals surface area contributed by atoms with Gasteiger partial charge in [-0.1, -0.05) is 0 Å². The van der Waals surface area contributed by atoms with Crippen LogP contribution in [0.2, 0.25) is 0 Å². The van der Waals surface area contributed by atoms with Gasteiger partial charge >= 0.3 is 0 Å². The number of primary sulfonamides is 1. The molecular formula is C18H25ClN6O7S2. The Balaban J connectivity index is 0.000000479. The number of ether oxygens (including phenoxy) is 3. The van der Waals surface area contributed by atoms with Crippen molar-refractivity contribution in [1.29, 1.82) is 0 Å². The van der Waals surface area contributed by atoms with E-state index in [0.717, 1.165) is 12.4 Å². The Labute approximate surface area is 202 Å². The molecule has 0 atom stereocenters. The van der Waals surface area contributed by atoms with Crippen LogP contribution in [0.5, 0.6) is 17.6 Å². The van der Waals surface area contributed by atoms with Crippen molar-refractivity contribution in [3.8, 4) is 17.6 Å². The number of sulfonamides is 1. The van der Waals surface area contributed by atoms with E-state index in [9.17, 15) is 16.8 Å². The summed E-state index contributed by atoms with van der Waals surface area (Å²) in [6, 6.07) is 8.98. The number of pyridine rings is 3. The molecule has 0 radical (unpaired) electrons. The lowest BCUT2D eigenvalue weighted by Crippen LogP contribution is -2.12. The maximum atomic E-state index is 10.7. The van der Waals surface area contributed by atoms with Gasteiger partial charge in [0.25, 0.3) is 9.05 Å². The van der Waals surface area contributed by atoms with Gasteiger partial charge in [-0.25, -0.2) is 36.9 Å². The van der Waals surface area contributed by atoms with E-state index in [1.165, 1.54) is 38.5 Å². The average Bonchev–Trinajstić information content (AvgIpc) is 2.79. The third kappa shape index (κ3) is 11.1. The zero-order valence-electron chi connectivity index (χ0n) is 18.5. The number of methoxy groups -OCH3 is 3. The lowest BCUT2D eigenvalue weighted by molar-refractivity contribution is 0.397. The Morgan fingerprint density at radius 1 is 0.706 bits per heavy atom. The van der Waals surface area contributed by atoms with E-state index >= 15 is 0 Å². The van der Waals surface area contributed by atoms with Gasteiger partial charge in [0.1, 0.15) is 9.79 Å². The number of halogens is 1. The lowest BCUT2D eigenvalue weighted by atomic mass is 10.4. The zero-order valence-corrected chi connectivity index (χ0v) is 20.8. The molecule has 0 aromatic carbocycles. The standard InChI is InChI=1S/C6H6ClNO3S.C6H8N2O3S.C6H8N2O.H3N/c2*1-11-6-3-2-5(4-8-6)12(7,9)10;1-9-6-3-2-5(7)4-8-6;/h2-4H,1H3;2-4H,1H3,(H2,7,9,10);2-4H,7H2,1H3;1H3. The van der Waals surface area contributed by atoms with E-state index in [0.29, 0.717) is 23.3 Å². The van der Waals surface area contributed by atoms with Crippen molar-refractivity contribution < 1.29 is 31.0 Å². The van der Waals surface area contributed by atoms with Crippen LogP contribution >= 0.6 is 10.7 Å². The van der Waals surface area contributed by atoms with Crippen molar-refractivity contribution in [3.63, 3.8) is 0 Å². The highest BCUT2D eigenvalue weighted by Gasteiger charge is 2.09. The van der Waals surface area contributed by atoms with E-state index in [1.807, 2.05) is 0 Å². The van der Waals surface area contributed by atoms with Crippen LogP contribution in [0.25, 0.3) is 0 Å². The minimum Gasteiger partial charge on any atom is -0.481 e. The van der Waals surface area contributed by atoms with E-state index in [1.54, 1.807) is 25.4 Å². The molecular weight excluding hydrogens is 512 g/mol. The third-order valence-corrected chi connectivity index (χ3v) is 5.65. The molecule has 0 amide bonds. The number of anilines is 1. The second-order valence-electron chi connectivity index (χ2n) is 5.69. The number of aromatic nitrogens is 3. The summed E-state index contributed by atoms with van der Waals surface area (Å²) < 4.78 is 57.2. The van der Waals surface area contributed by atoms with E-state index < -0.39 is 19.1 Å². The quantitative estimate of drug-likeness (QED) is 0.395. The van der Waals surface area contributed by atoms with Crippen LogP contribution in [0.1, 0.15) is 0 Å². The molecule has 3 aromatic heterocycles. The molecule has 0 aliphatic carbocycles. The normalized spacial score (nSPS) is 10.3. The number of hydrogen-bond acceptors (Lipinski definition) is 12. The minimum absolute atomic E-state index is 0. The highest BCUT2D eigenvalue weighted by molar-refractivity contribution is 8.13. The van der Waals surface area contributed by atoms with Crippen LogP contribution in [0, 0.1) is 0 Å². The number of rotatable bonds is 5. The van der Waals surface area contributed by atoms with Crippen LogP contribution < -0.4 is 31.2 Å². The molecule has 0 spiro atoms. The molecule has 13 nitrogen and oxygen atoms in total. The first-order valence-electron chi connectivity index (χ1n) is 8.63. The molecule has 3 heterocycles.